The Morgan fingerprint density at radius 3 is 2.40 bits per heavy atom. The van der Waals surface area contributed by atoms with Crippen molar-refractivity contribution >= 4 is 33.0 Å². The van der Waals surface area contributed by atoms with Gasteiger partial charge >= 0.3 is 6.18 Å². The van der Waals surface area contributed by atoms with Gasteiger partial charge in [-0.2, -0.15) is 22.5 Å². The Morgan fingerprint density at radius 2 is 1.69 bits per heavy atom. The van der Waals surface area contributed by atoms with Crippen molar-refractivity contribution in [3.8, 4) is 11.3 Å². The maximum atomic E-state index is 13.8. The van der Waals surface area contributed by atoms with Crippen LogP contribution in [0.15, 0.2) is 47.1 Å². The molecule has 0 aliphatic rings. The average molecular weight is 483 g/mol. The molecule has 35 heavy (non-hydrogen) atoms. The molecule has 0 bridgehead atoms. The summed E-state index contributed by atoms with van der Waals surface area (Å²) >= 11 is 0. The summed E-state index contributed by atoms with van der Waals surface area (Å²) < 4.78 is 62.1. The monoisotopic (exact) mass is 482 g/mol. The summed E-state index contributed by atoms with van der Waals surface area (Å²) in [6.07, 6.45) is -2.83. The largest absolute Gasteiger partial charge is 0.437 e. The van der Waals surface area contributed by atoms with Gasteiger partial charge in [0.15, 0.2) is 5.52 Å². The first-order chi connectivity index (χ1) is 16.4. The number of hydrogen-bond donors (Lipinski definition) is 0. The predicted octanol–water partition coefficient (Wildman–Crippen LogP) is 6.91. The van der Waals surface area contributed by atoms with Gasteiger partial charge in [-0.1, -0.05) is 19.9 Å². The number of fused-ring (bicyclic) bond motifs is 4. The molecule has 180 valence electrons. The van der Waals surface area contributed by atoms with Crippen molar-refractivity contribution < 1.29 is 26.5 Å². The van der Waals surface area contributed by atoms with Crippen molar-refractivity contribution in [1.82, 2.24) is 9.97 Å². The first-order valence-electron chi connectivity index (χ1n) is 11.2. The topological polar surface area (TPSA) is 42.8 Å². The normalized spacial score (nSPS) is 12.8. The Bertz CT molecular complexity index is 1630. The van der Waals surface area contributed by atoms with Gasteiger partial charge in [0.05, 0.1) is 23.4 Å². The lowest BCUT2D eigenvalue weighted by Crippen LogP contribution is -2.34. The quantitative estimate of drug-likeness (QED) is 0.159. The van der Waals surface area contributed by atoms with E-state index >= 15 is 0 Å². The molecule has 8 heteroatoms. The number of hydrogen-bond acceptors (Lipinski definition) is 3. The molecule has 0 saturated carbocycles. The molecule has 0 saturated heterocycles. The van der Waals surface area contributed by atoms with E-state index in [-0.39, 0.29) is 12.1 Å². The molecule has 0 spiro atoms. The van der Waals surface area contributed by atoms with Gasteiger partial charge < -0.3 is 4.42 Å². The van der Waals surface area contributed by atoms with Gasteiger partial charge in [0.1, 0.15) is 11.3 Å². The van der Waals surface area contributed by atoms with Crippen molar-refractivity contribution in [2.24, 2.45) is 12.5 Å². The highest BCUT2D eigenvalue weighted by atomic mass is 19.4. The summed E-state index contributed by atoms with van der Waals surface area (Å²) in [7, 11) is 1.86. The molecule has 0 N–H and O–H groups in total. The molecule has 0 radical (unpaired) electrons. The summed E-state index contributed by atoms with van der Waals surface area (Å²) in [6, 6.07) is 10.2. The van der Waals surface area contributed by atoms with Gasteiger partial charge in [-0.25, -0.2) is 4.57 Å². The average Bonchev–Trinajstić information content (AvgIpc) is 3.11. The lowest BCUT2D eigenvalue weighted by atomic mass is 9.84. The minimum atomic E-state index is -4.32. The number of pyridine rings is 1. The maximum absolute atomic E-state index is 13.8. The number of furan rings is 1. The lowest BCUT2D eigenvalue weighted by molar-refractivity contribution is -0.662. The van der Waals surface area contributed by atoms with Crippen LogP contribution in [-0.4, -0.2) is 16.1 Å². The highest BCUT2D eigenvalue weighted by Gasteiger charge is 2.47. The number of nitrogens with zero attached hydrogens (tertiary/aromatic N) is 3. The molecular weight excluding hydrogens is 458 g/mol. The fourth-order valence-corrected chi connectivity index (χ4v) is 4.59. The highest BCUT2D eigenvalue weighted by molar-refractivity contribution is 6.11. The molecule has 0 aliphatic heterocycles. The third kappa shape index (κ3) is 3.72. The Kier molecular flexibility index (Phi) is 5.12. The van der Waals surface area contributed by atoms with Crippen molar-refractivity contribution in [3.05, 3.63) is 65.4 Å². The standard InChI is InChI=1S/C27H24F4N3O/c1-14-10-19-17-8-9-21(28)33-25(17)35-24(19)22(15(14)2)23-18-7-6-16(11-20(18)32-13-34(23)5)12-26(3,4)27(29,30)31/h6-11,13H,12H2,1-5H3/q+1. The lowest BCUT2D eigenvalue weighted by Gasteiger charge is -2.27. The van der Waals surface area contributed by atoms with Gasteiger partial charge in [-0.05, 0) is 72.3 Å². The fourth-order valence-electron chi connectivity index (χ4n) is 4.59. The van der Waals surface area contributed by atoms with Crippen molar-refractivity contribution in [1.29, 1.82) is 0 Å². The second-order valence-corrected chi connectivity index (χ2v) is 9.77. The van der Waals surface area contributed by atoms with Gasteiger partial charge in [0.25, 0.3) is 6.33 Å². The van der Waals surface area contributed by atoms with Crippen LogP contribution in [-0.2, 0) is 13.5 Å². The Morgan fingerprint density at radius 1 is 0.971 bits per heavy atom. The predicted molar refractivity (Wildman–Crippen MR) is 126 cm³/mol. The third-order valence-corrected chi connectivity index (χ3v) is 6.80. The van der Waals surface area contributed by atoms with Crippen molar-refractivity contribution in [2.75, 3.05) is 0 Å². The maximum Gasteiger partial charge on any atom is 0.394 e. The first kappa shape index (κ1) is 23.2. The molecule has 2 aromatic carbocycles. The summed E-state index contributed by atoms with van der Waals surface area (Å²) in [6.45, 7) is 6.38. The molecule has 3 aromatic heterocycles. The van der Waals surface area contributed by atoms with E-state index in [1.165, 1.54) is 19.9 Å². The van der Waals surface area contributed by atoms with E-state index in [1.54, 1.807) is 24.5 Å². The summed E-state index contributed by atoms with van der Waals surface area (Å²) in [5, 5.41) is 2.31. The second-order valence-electron chi connectivity index (χ2n) is 9.77. The minimum Gasteiger partial charge on any atom is -0.437 e. The van der Waals surface area contributed by atoms with E-state index in [9.17, 15) is 17.6 Å². The number of alkyl halides is 3. The number of halogens is 4. The van der Waals surface area contributed by atoms with Crippen LogP contribution in [0, 0.1) is 25.2 Å². The van der Waals surface area contributed by atoms with Crippen LogP contribution in [0.4, 0.5) is 17.6 Å². The Hall–Kier alpha value is -3.55. The molecule has 0 unspecified atom stereocenters. The van der Waals surface area contributed by atoms with E-state index in [0.717, 1.165) is 33.2 Å². The van der Waals surface area contributed by atoms with E-state index in [4.69, 9.17) is 4.42 Å². The third-order valence-electron chi connectivity index (χ3n) is 6.80. The summed E-state index contributed by atoms with van der Waals surface area (Å²) in [4.78, 5) is 8.41. The number of aromatic nitrogens is 3. The Balaban J connectivity index is 1.77. The molecule has 5 aromatic rings. The van der Waals surface area contributed by atoms with Gasteiger partial charge in [0.2, 0.25) is 11.7 Å². The molecule has 3 heterocycles. The van der Waals surface area contributed by atoms with Gasteiger partial charge in [-0.15, -0.1) is 0 Å². The molecule has 0 atom stereocenters. The molecule has 4 nitrogen and oxygen atoms in total. The van der Waals surface area contributed by atoms with Gasteiger partial charge in [-0.3, -0.25) is 0 Å². The van der Waals surface area contributed by atoms with Crippen LogP contribution in [0.25, 0.3) is 44.2 Å². The molecular formula is C27H24F4N3O+. The van der Waals surface area contributed by atoms with Crippen molar-refractivity contribution in [3.63, 3.8) is 0 Å². The van der Waals surface area contributed by atoms with Gasteiger partial charge in [0, 0.05) is 10.8 Å². The highest BCUT2D eigenvalue weighted by Crippen LogP contribution is 2.42. The second kappa shape index (κ2) is 7.73. The molecule has 0 aliphatic carbocycles. The van der Waals surface area contributed by atoms with Crippen LogP contribution in [0.5, 0.6) is 0 Å². The van der Waals surface area contributed by atoms with Crippen LogP contribution < -0.4 is 4.57 Å². The molecule has 5 rings (SSSR count). The summed E-state index contributed by atoms with van der Waals surface area (Å²) in [5.74, 6) is -0.624. The summed E-state index contributed by atoms with van der Waals surface area (Å²) in [5.41, 5.74) is 3.69. The van der Waals surface area contributed by atoms with E-state index < -0.39 is 17.5 Å². The zero-order valence-electron chi connectivity index (χ0n) is 20.0. The SMILES string of the molecule is Cc1cc2c(oc3nc(F)ccc32)c(-c2c3ccc(CC(C)(C)C(F)(F)F)cc3nc[n+]2C)c1C. The van der Waals surface area contributed by atoms with Crippen LogP contribution >= 0.6 is 0 Å². The Labute approximate surface area is 199 Å². The fraction of sp³-hybridized carbons (Fsp3) is 0.296. The van der Waals surface area contributed by atoms with Crippen molar-refractivity contribution in [2.45, 2.75) is 40.3 Å². The van der Waals surface area contributed by atoms with E-state index in [0.29, 0.717) is 22.0 Å². The number of rotatable bonds is 3. The first-order valence-corrected chi connectivity index (χ1v) is 11.2. The molecule has 0 fully saturated rings. The van der Waals surface area contributed by atoms with Crippen LogP contribution in [0.1, 0.15) is 30.5 Å². The van der Waals surface area contributed by atoms with Crippen LogP contribution in [0.3, 0.4) is 0 Å². The minimum absolute atomic E-state index is 0.154. The number of aryl methyl sites for hydroxylation is 2. The van der Waals surface area contributed by atoms with E-state index in [2.05, 4.69) is 9.97 Å². The van der Waals surface area contributed by atoms with E-state index in [1.807, 2.05) is 37.6 Å². The number of benzene rings is 2. The zero-order chi connectivity index (χ0) is 25.3. The molecule has 0 amide bonds. The smallest absolute Gasteiger partial charge is 0.394 e. The van der Waals surface area contributed by atoms with Crippen LogP contribution in [0.2, 0.25) is 0 Å². The zero-order valence-corrected chi connectivity index (χ0v) is 20.0.